The molecule has 32 heavy (non-hydrogen) atoms. The van der Waals surface area contributed by atoms with Crippen LogP contribution in [0, 0.1) is 5.92 Å². The van der Waals surface area contributed by atoms with Gasteiger partial charge in [0.2, 0.25) is 0 Å². The van der Waals surface area contributed by atoms with Crippen molar-refractivity contribution in [3.63, 3.8) is 0 Å². The standard InChI is InChI=1S/C27H29N3O2/c31-26(27(32)30-16-14-22(15-17-30)18-21-8-3-1-4-9-21)29-25-13-7-12-24(19-25)28-20-23-10-5-2-6-11-23/h1-13,19,22,28H,14-18,20H2,(H,29,31). The quantitative estimate of drug-likeness (QED) is 0.560. The molecule has 0 radical (unpaired) electrons. The van der Waals surface area contributed by atoms with Crippen molar-refractivity contribution in [1.82, 2.24) is 4.90 Å². The predicted molar refractivity (Wildman–Crippen MR) is 128 cm³/mol. The summed E-state index contributed by atoms with van der Waals surface area (Å²) in [6.45, 7) is 1.94. The van der Waals surface area contributed by atoms with Gasteiger partial charge in [0.15, 0.2) is 0 Å². The zero-order valence-electron chi connectivity index (χ0n) is 18.2. The van der Waals surface area contributed by atoms with Crippen molar-refractivity contribution in [3.8, 4) is 0 Å². The van der Waals surface area contributed by atoms with Gasteiger partial charge >= 0.3 is 11.8 Å². The molecule has 4 rings (SSSR count). The lowest BCUT2D eigenvalue weighted by atomic mass is 9.90. The topological polar surface area (TPSA) is 61.4 Å². The van der Waals surface area contributed by atoms with Crippen molar-refractivity contribution in [2.75, 3.05) is 23.7 Å². The van der Waals surface area contributed by atoms with Crippen LogP contribution in [0.4, 0.5) is 11.4 Å². The Morgan fingerprint density at radius 2 is 1.41 bits per heavy atom. The van der Waals surface area contributed by atoms with Gasteiger partial charge in [0.1, 0.15) is 0 Å². The number of benzene rings is 3. The van der Waals surface area contributed by atoms with E-state index in [9.17, 15) is 9.59 Å². The molecule has 0 unspecified atom stereocenters. The van der Waals surface area contributed by atoms with Crippen molar-refractivity contribution in [3.05, 3.63) is 96.1 Å². The Morgan fingerprint density at radius 3 is 2.09 bits per heavy atom. The molecule has 1 aliphatic rings. The molecule has 0 bridgehead atoms. The maximum atomic E-state index is 12.7. The fourth-order valence-corrected chi connectivity index (χ4v) is 4.12. The Bertz CT molecular complexity index is 1030. The van der Waals surface area contributed by atoms with E-state index in [1.54, 1.807) is 11.0 Å². The summed E-state index contributed by atoms with van der Waals surface area (Å²) in [5.74, 6) is -0.477. The summed E-state index contributed by atoms with van der Waals surface area (Å²) in [5.41, 5.74) is 4.00. The lowest BCUT2D eigenvalue weighted by Crippen LogP contribution is -2.44. The second-order valence-electron chi connectivity index (χ2n) is 8.30. The third kappa shape index (κ3) is 5.97. The van der Waals surface area contributed by atoms with Gasteiger partial charge in [0.25, 0.3) is 0 Å². The number of carbonyl (C=O) groups excluding carboxylic acids is 2. The van der Waals surface area contributed by atoms with Crippen LogP contribution in [0.25, 0.3) is 0 Å². The summed E-state index contributed by atoms with van der Waals surface area (Å²) in [5, 5.41) is 6.10. The second kappa shape index (κ2) is 10.6. The molecule has 5 heteroatoms. The van der Waals surface area contributed by atoms with Crippen LogP contribution in [0.3, 0.4) is 0 Å². The van der Waals surface area contributed by atoms with Crippen LogP contribution in [0.2, 0.25) is 0 Å². The van der Waals surface area contributed by atoms with Crippen LogP contribution in [0.15, 0.2) is 84.9 Å². The van der Waals surface area contributed by atoms with Crippen LogP contribution in [-0.2, 0) is 22.6 Å². The summed E-state index contributed by atoms with van der Waals surface area (Å²) in [6.07, 6.45) is 2.87. The van der Waals surface area contributed by atoms with E-state index < -0.39 is 11.8 Å². The SMILES string of the molecule is O=C(Nc1cccc(NCc2ccccc2)c1)C(=O)N1CCC(Cc2ccccc2)CC1. The minimum absolute atomic E-state index is 0.453. The third-order valence-electron chi connectivity index (χ3n) is 5.92. The summed E-state index contributed by atoms with van der Waals surface area (Å²) in [7, 11) is 0. The lowest BCUT2D eigenvalue weighted by Gasteiger charge is -2.31. The molecule has 1 fully saturated rings. The number of amides is 2. The van der Waals surface area contributed by atoms with E-state index in [-0.39, 0.29) is 0 Å². The smallest absolute Gasteiger partial charge is 0.313 e. The molecule has 0 aromatic heterocycles. The summed E-state index contributed by atoms with van der Waals surface area (Å²) >= 11 is 0. The van der Waals surface area contributed by atoms with E-state index >= 15 is 0 Å². The van der Waals surface area contributed by atoms with Crippen molar-refractivity contribution in [1.29, 1.82) is 0 Å². The Kier molecular flexibility index (Phi) is 7.18. The van der Waals surface area contributed by atoms with Crippen LogP contribution in [0.5, 0.6) is 0 Å². The first kappa shape index (κ1) is 21.6. The highest BCUT2D eigenvalue weighted by atomic mass is 16.2. The zero-order valence-corrected chi connectivity index (χ0v) is 18.2. The van der Waals surface area contributed by atoms with Crippen LogP contribution in [0.1, 0.15) is 24.0 Å². The molecular weight excluding hydrogens is 398 g/mol. The number of nitrogens with zero attached hydrogens (tertiary/aromatic N) is 1. The van der Waals surface area contributed by atoms with Crippen LogP contribution >= 0.6 is 0 Å². The molecule has 0 spiro atoms. The van der Waals surface area contributed by atoms with E-state index in [1.807, 2.05) is 42.5 Å². The lowest BCUT2D eigenvalue weighted by molar-refractivity contribution is -0.144. The molecule has 2 N–H and O–H groups in total. The molecule has 1 saturated heterocycles. The molecule has 0 saturated carbocycles. The Hall–Kier alpha value is -3.60. The number of likely N-dealkylation sites (tertiary alicyclic amines) is 1. The third-order valence-corrected chi connectivity index (χ3v) is 5.92. The number of hydrogen-bond acceptors (Lipinski definition) is 3. The van der Waals surface area contributed by atoms with Gasteiger partial charge < -0.3 is 15.5 Å². The van der Waals surface area contributed by atoms with Gasteiger partial charge in [0, 0.05) is 31.0 Å². The predicted octanol–water partition coefficient (Wildman–Crippen LogP) is 4.72. The second-order valence-corrected chi connectivity index (χ2v) is 8.30. The maximum absolute atomic E-state index is 12.7. The normalized spacial score (nSPS) is 14.1. The van der Waals surface area contributed by atoms with Crippen molar-refractivity contribution in [2.24, 2.45) is 5.92 Å². The monoisotopic (exact) mass is 427 g/mol. The minimum atomic E-state index is -0.577. The molecule has 0 atom stereocenters. The van der Waals surface area contributed by atoms with Crippen molar-refractivity contribution < 1.29 is 9.59 Å². The maximum Gasteiger partial charge on any atom is 0.313 e. The summed E-state index contributed by atoms with van der Waals surface area (Å²) in [6, 6.07) is 28.0. The first-order valence-electron chi connectivity index (χ1n) is 11.2. The molecular formula is C27H29N3O2. The Morgan fingerprint density at radius 1 is 0.781 bits per heavy atom. The van der Waals surface area contributed by atoms with E-state index in [0.717, 1.165) is 24.9 Å². The number of piperidine rings is 1. The van der Waals surface area contributed by atoms with E-state index in [2.05, 4.69) is 47.0 Å². The van der Waals surface area contributed by atoms with Gasteiger partial charge in [0.05, 0.1) is 0 Å². The number of anilines is 2. The molecule has 3 aromatic rings. The van der Waals surface area contributed by atoms with E-state index in [1.165, 1.54) is 11.1 Å². The molecule has 1 aliphatic heterocycles. The Balaban J connectivity index is 1.26. The fraction of sp³-hybridized carbons (Fsp3) is 0.259. The van der Waals surface area contributed by atoms with Gasteiger partial charge in [-0.15, -0.1) is 0 Å². The molecule has 2 amide bonds. The van der Waals surface area contributed by atoms with Crippen molar-refractivity contribution >= 4 is 23.2 Å². The minimum Gasteiger partial charge on any atom is -0.381 e. The van der Waals surface area contributed by atoms with Gasteiger partial charge in [-0.25, -0.2) is 0 Å². The van der Waals surface area contributed by atoms with Crippen LogP contribution < -0.4 is 10.6 Å². The average molecular weight is 428 g/mol. The van der Waals surface area contributed by atoms with Gasteiger partial charge in [-0.3, -0.25) is 9.59 Å². The number of carbonyl (C=O) groups is 2. The first-order chi connectivity index (χ1) is 15.7. The first-order valence-corrected chi connectivity index (χ1v) is 11.2. The molecule has 3 aromatic carbocycles. The van der Waals surface area contributed by atoms with Gasteiger partial charge in [-0.05, 0) is 54.5 Å². The molecule has 0 aliphatic carbocycles. The molecule has 1 heterocycles. The summed E-state index contributed by atoms with van der Waals surface area (Å²) in [4.78, 5) is 26.9. The number of nitrogens with one attached hydrogen (secondary N) is 2. The number of rotatable bonds is 6. The highest BCUT2D eigenvalue weighted by Gasteiger charge is 2.27. The molecule has 164 valence electrons. The fourth-order valence-electron chi connectivity index (χ4n) is 4.12. The van der Waals surface area contributed by atoms with E-state index in [0.29, 0.717) is 31.2 Å². The summed E-state index contributed by atoms with van der Waals surface area (Å²) < 4.78 is 0. The van der Waals surface area contributed by atoms with E-state index in [4.69, 9.17) is 0 Å². The van der Waals surface area contributed by atoms with Gasteiger partial charge in [-0.1, -0.05) is 66.7 Å². The van der Waals surface area contributed by atoms with Crippen LogP contribution in [-0.4, -0.2) is 29.8 Å². The highest BCUT2D eigenvalue weighted by molar-refractivity contribution is 6.39. The highest BCUT2D eigenvalue weighted by Crippen LogP contribution is 2.22. The van der Waals surface area contributed by atoms with Crippen molar-refractivity contribution in [2.45, 2.75) is 25.8 Å². The van der Waals surface area contributed by atoms with Gasteiger partial charge in [-0.2, -0.15) is 0 Å². The Labute approximate surface area is 189 Å². The number of hydrogen-bond donors (Lipinski definition) is 2. The average Bonchev–Trinajstić information content (AvgIpc) is 2.84. The zero-order chi connectivity index (χ0) is 22.2. The largest absolute Gasteiger partial charge is 0.381 e. The molecule has 5 nitrogen and oxygen atoms in total.